The Bertz CT molecular complexity index is 1120. The first-order chi connectivity index (χ1) is 15.3. The minimum Gasteiger partial charge on any atom is -0.381 e. The van der Waals surface area contributed by atoms with Crippen molar-refractivity contribution in [1.82, 2.24) is 0 Å². The zero-order valence-corrected chi connectivity index (χ0v) is 21.5. The summed E-state index contributed by atoms with van der Waals surface area (Å²) in [5, 5.41) is 0.401. The van der Waals surface area contributed by atoms with Crippen molar-refractivity contribution in [3.8, 4) is 0 Å². The smallest absolute Gasteiger partial charge is 0.232 e. The lowest BCUT2D eigenvalue weighted by Gasteiger charge is -2.38. The Hall–Kier alpha value is -1.67. The summed E-state index contributed by atoms with van der Waals surface area (Å²) in [5.41, 5.74) is -0.551. The lowest BCUT2D eigenvalue weighted by Crippen LogP contribution is -2.42. The van der Waals surface area contributed by atoms with E-state index in [2.05, 4.69) is 0 Å². The van der Waals surface area contributed by atoms with Crippen LogP contribution in [0.25, 0.3) is 0 Å². The molecule has 2 aromatic rings. The standard InChI is InChI=1S/C24H28Cl2FNO4S/c1-5-28(22(29)23(2,3)4)21-19(26)14-16(15-20(21)27)24(10-12-32-13-11-24)33(30,31)18-8-6-17(25)7-9-18/h6-9,14-15H,5,10-13H2,1-4H3. The van der Waals surface area contributed by atoms with Crippen LogP contribution in [-0.4, -0.2) is 34.1 Å². The van der Waals surface area contributed by atoms with Crippen molar-refractivity contribution in [3.63, 3.8) is 0 Å². The highest BCUT2D eigenvalue weighted by atomic mass is 35.5. The Balaban J connectivity index is 2.18. The van der Waals surface area contributed by atoms with Gasteiger partial charge in [-0.2, -0.15) is 0 Å². The van der Waals surface area contributed by atoms with E-state index in [4.69, 9.17) is 27.9 Å². The largest absolute Gasteiger partial charge is 0.381 e. The molecule has 5 nitrogen and oxygen atoms in total. The summed E-state index contributed by atoms with van der Waals surface area (Å²) < 4.78 is 47.2. The fraction of sp³-hybridized carbons (Fsp3) is 0.458. The molecule has 1 aliphatic heterocycles. The molecule has 2 aromatic carbocycles. The highest BCUT2D eigenvalue weighted by Gasteiger charge is 2.48. The molecule has 9 heteroatoms. The minimum atomic E-state index is -3.95. The fourth-order valence-corrected chi connectivity index (χ4v) is 6.66. The number of hydrogen-bond donors (Lipinski definition) is 0. The fourth-order valence-electron chi connectivity index (χ4n) is 4.15. The molecule has 0 atom stereocenters. The van der Waals surface area contributed by atoms with Crippen molar-refractivity contribution in [2.24, 2.45) is 5.41 Å². The number of benzene rings is 2. The second-order valence-corrected chi connectivity index (χ2v) is 12.3. The van der Waals surface area contributed by atoms with Crippen LogP contribution in [0.3, 0.4) is 0 Å². The van der Waals surface area contributed by atoms with Gasteiger partial charge in [0.25, 0.3) is 0 Å². The van der Waals surface area contributed by atoms with Gasteiger partial charge in [-0.1, -0.05) is 44.0 Å². The summed E-state index contributed by atoms with van der Waals surface area (Å²) >= 11 is 12.5. The first kappa shape index (κ1) is 25.9. The molecule has 0 N–H and O–H groups in total. The molecule has 0 radical (unpaired) electrons. The average molecular weight is 516 g/mol. The Morgan fingerprint density at radius 2 is 1.70 bits per heavy atom. The number of carbonyl (C=O) groups is 1. The van der Waals surface area contributed by atoms with Crippen molar-refractivity contribution < 1.29 is 22.3 Å². The van der Waals surface area contributed by atoms with Gasteiger partial charge >= 0.3 is 0 Å². The maximum absolute atomic E-state index is 15.5. The molecule has 1 heterocycles. The van der Waals surface area contributed by atoms with Crippen LogP contribution in [-0.2, 0) is 24.1 Å². The lowest BCUT2D eigenvalue weighted by molar-refractivity contribution is -0.125. The SMILES string of the molecule is CCN(C(=O)C(C)(C)C)c1c(F)cc(C2(S(=O)(=O)c3ccc(Cl)cc3)CCOCC2)cc1Cl. The number of rotatable bonds is 5. The van der Waals surface area contributed by atoms with Gasteiger partial charge in [-0.15, -0.1) is 0 Å². The van der Waals surface area contributed by atoms with Gasteiger partial charge in [-0.3, -0.25) is 4.79 Å². The molecule has 3 rings (SSSR count). The van der Waals surface area contributed by atoms with Gasteiger partial charge in [-0.25, -0.2) is 12.8 Å². The normalized spacial score (nSPS) is 16.5. The monoisotopic (exact) mass is 515 g/mol. The van der Waals surface area contributed by atoms with Gasteiger partial charge in [0.2, 0.25) is 5.91 Å². The molecule has 0 spiro atoms. The molecular weight excluding hydrogens is 488 g/mol. The number of ether oxygens (including phenoxy) is 1. The molecule has 33 heavy (non-hydrogen) atoms. The third-order valence-electron chi connectivity index (χ3n) is 5.95. The van der Waals surface area contributed by atoms with Crippen molar-refractivity contribution in [3.05, 3.63) is 57.8 Å². The van der Waals surface area contributed by atoms with Crippen molar-refractivity contribution in [2.45, 2.75) is 50.2 Å². The second kappa shape index (κ2) is 9.53. The highest BCUT2D eigenvalue weighted by molar-refractivity contribution is 7.92. The molecule has 1 aliphatic rings. The van der Waals surface area contributed by atoms with E-state index in [0.717, 1.165) is 0 Å². The minimum absolute atomic E-state index is 0.0124. The molecule has 0 aliphatic carbocycles. The van der Waals surface area contributed by atoms with E-state index in [1.807, 2.05) is 0 Å². The second-order valence-electron chi connectivity index (χ2n) is 9.15. The van der Waals surface area contributed by atoms with Crippen LogP contribution in [0.4, 0.5) is 10.1 Å². The molecule has 0 aromatic heterocycles. The predicted octanol–water partition coefficient (Wildman–Crippen LogP) is 6.01. The number of nitrogens with zero attached hydrogens (tertiary/aromatic N) is 1. The Labute approximate surface area is 204 Å². The van der Waals surface area contributed by atoms with E-state index >= 15 is 4.39 Å². The van der Waals surface area contributed by atoms with Gasteiger partial charge in [0.1, 0.15) is 10.6 Å². The molecule has 0 unspecified atom stereocenters. The van der Waals surface area contributed by atoms with Crippen molar-refractivity contribution >= 4 is 44.6 Å². The summed E-state index contributed by atoms with van der Waals surface area (Å²) in [5.74, 6) is -1.03. The molecule has 180 valence electrons. The molecule has 0 saturated carbocycles. The van der Waals surface area contributed by atoms with Crippen LogP contribution < -0.4 is 4.90 Å². The van der Waals surface area contributed by atoms with Crippen LogP contribution >= 0.6 is 23.2 Å². The maximum Gasteiger partial charge on any atom is 0.232 e. The van der Waals surface area contributed by atoms with E-state index in [-0.39, 0.29) is 59.7 Å². The van der Waals surface area contributed by atoms with Gasteiger partial charge < -0.3 is 9.64 Å². The Kier molecular flexibility index (Phi) is 7.49. The van der Waals surface area contributed by atoms with Crippen molar-refractivity contribution in [1.29, 1.82) is 0 Å². The number of carbonyl (C=O) groups excluding carboxylic acids is 1. The highest BCUT2D eigenvalue weighted by Crippen LogP contribution is 2.46. The Morgan fingerprint density at radius 3 is 2.18 bits per heavy atom. The third-order valence-corrected chi connectivity index (χ3v) is 9.06. The van der Waals surface area contributed by atoms with Crippen LogP contribution in [0.15, 0.2) is 41.3 Å². The van der Waals surface area contributed by atoms with Gasteiger partial charge in [0.05, 0.1) is 15.6 Å². The summed E-state index contributed by atoms with van der Waals surface area (Å²) in [4.78, 5) is 14.3. The number of amides is 1. The first-order valence-corrected chi connectivity index (χ1v) is 13.0. The lowest BCUT2D eigenvalue weighted by atomic mass is 9.89. The molecular formula is C24H28Cl2FNO4S. The number of sulfone groups is 1. The summed E-state index contributed by atoms with van der Waals surface area (Å²) in [6, 6.07) is 8.57. The number of hydrogen-bond acceptors (Lipinski definition) is 4. The number of anilines is 1. The van der Waals surface area contributed by atoms with Gasteiger partial charge in [-0.05, 0) is 61.7 Å². The van der Waals surface area contributed by atoms with E-state index in [1.165, 1.54) is 41.3 Å². The predicted molar refractivity (Wildman–Crippen MR) is 129 cm³/mol. The van der Waals surface area contributed by atoms with Gasteiger partial charge in [0, 0.05) is 30.2 Å². The number of halogens is 3. The van der Waals surface area contributed by atoms with Crippen molar-refractivity contribution in [2.75, 3.05) is 24.7 Å². The van der Waals surface area contributed by atoms with Crippen LogP contribution in [0.5, 0.6) is 0 Å². The molecule has 1 saturated heterocycles. The van der Waals surface area contributed by atoms with E-state index in [1.54, 1.807) is 27.7 Å². The summed E-state index contributed by atoms with van der Waals surface area (Å²) in [7, 11) is -3.95. The van der Waals surface area contributed by atoms with Crippen LogP contribution in [0.2, 0.25) is 10.0 Å². The van der Waals surface area contributed by atoms with E-state index in [0.29, 0.717) is 5.02 Å². The van der Waals surface area contributed by atoms with E-state index < -0.39 is 25.8 Å². The summed E-state index contributed by atoms with van der Waals surface area (Å²) in [6.45, 7) is 7.59. The van der Waals surface area contributed by atoms with Crippen LogP contribution in [0, 0.1) is 11.2 Å². The maximum atomic E-state index is 15.5. The Morgan fingerprint density at radius 1 is 1.12 bits per heavy atom. The topological polar surface area (TPSA) is 63.7 Å². The quantitative estimate of drug-likeness (QED) is 0.488. The van der Waals surface area contributed by atoms with Gasteiger partial charge in [0.15, 0.2) is 9.84 Å². The molecule has 0 bridgehead atoms. The van der Waals surface area contributed by atoms with Crippen LogP contribution in [0.1, 0.15) is 46.1 Å². The molecule has 1 fully saturated rings. The summed E-state index contributed by atoms with van der Waals surface area (Å²) in [6.07, 6.45) is 0.289. The molecule has 1 amide bonds. The zero-order chi connectivity index (χ0) is 24.6. The van der Waals surface area contributed by atoms with E-state index in [9.17, 15) is 13.2 Å². The average Bonchev–Trinajstić information content (AvgIpc) is 2.75. The zero-order valence-electron chi connectivity index (χ0n) is 19.1. The third kappa shape index (κ3) is 4.78. The first-order valence-electron chi connectivity index (χ1n) is 10.7.